The molecule has 28 heavy (non-hydrogen) atoms. The Morgan fingerprint density at radius 3 is 2.04 bits per heavy atom. The van der Waals surface area contributed by atoms with Crippen LogP contribution in [0.1, 0.15) is 5.56 Å². The summed E-state index contributed by atoms with van der Waals surface area (Å²) in [6, 6.07) is 10.7. The lowest BCUT2D eigenvalue weighted by Crippen LogP contribution is -2.19. The van der Waals surface area contributed by atoms with E-state index >= 15 is 0 Å². The van der Waals surface area contributed by atoms with E-state index < -0.39 is 0 Å². The SMILES string of the molecule is COc1ccc(N=C2NC(=O)/C(=C\c3c(OC)cc(OC)cc3OC)S2)cc1. The number of carbonyl (C=O) groups excluding carboxylic acids is 1. The van der Waals surface area contributed by atoms with Gasteiger partial charge in [0, 0.05) is 12.1 Å². The van der Waals surface area contributed by atoms with Crippen LogP contribution >= 0.6 is 11.8 Å². The molecule has 1 aliphatic rings. The highest BCUT2D eigenvalue weighted by Gasteiger charge is 2.25. The maximum Gasteiger partial charge on any atom is 0.264 e. The first-order chi connectivity index (χ1) is 13.6. The van der Waals surface area contributed by atoms with Crippen molar-refractivity contribution in [3.8, 4) is 23.0 Å². The molecule has 0 aliphatic carbocycles. The molecule has 2 aromatic rings. The minimum atomic E-state index is -0.239. The van der Waals surface area contributed by atoms with E-state index in [1.165, 1.54) is 11.8 Å². The van der Waals surface area contributed by atoms with Crippen LogP contribution < -0.4 is 24.3 Å². The summed E-state index contributed by atoms with van der Waals surface area (Å²) in [6.45, 7) is 0. The smallest absolute Gasteiger partial charge is 0.264 e. The fraction of sp³-hybridized carbons (Fsp3) is 0.200. The summed E-state index contributed by atoms with van der Waals surface area (Å²) >= 11 is 1.24. The second-order valence-corrected chi connectivity index (χ2v) is 6.66. The first-order valence-electron chi connectivity index (χ1n) is 8.31. The van der Waals surface area contributed by atoms with Crippen molar-refractivity contribution >= 4 is 34.6 Å². The average molecular weight is 400 g/mol. The van der Waals surface area contributed by atoms with Crippen molar-refractivity contribution < 1.29 is 23.7 Å². The van der Waals surface area contributed by atoms with E-state index in [4.69, 9.17) is 18.9 Å². The fourth-order valence-electron chi connectivity index (χ4n) is 2.56. The molecule has 0 bridgehead atoms. The topological polar surface area (TPSA) is 78.4 Å². The van der Waals surface area contributed by atoms with Crippen LogP contribution in [0, 0.1) is 0 Å². The molecule has 1 N–H and O–H groups in total. The van der Waals surface area contributed by atoms with E-state index in [0.717, 1.165) is 5.75 Å². The van der Waals surface area contributed by atoms with Crippen LogP contribution in [-0.4, -0.2) is 39.5 Å². The first kappa shape index (κ1) is 19.6. The number of hydrogen-bond donors (Lipinski definition) is 1. The number of amides is 1. The zero-order valence-corrected chi connectivity index (χ0v) is 16.8. The Morgan fingerprint density at radius 2 is 1.50 bits per heavy atom. The Bertz CT molecular complexity index is 913. The molecular weight excluding hydrogens is 380 g/mol. The number of aliphatic imine (C=N–C) groups is 1. The summed E-state index contributed by atoms with van der Waals surface area (Å²) in [6.07, 6.45) is 1.72. The molecule has 146 valence electrons. The Labute approximate surface area is 167 Å². The molecule has 0 aromatic heterocycles. The van der Waals surface area contributed by atoms with Gasteiger partial charge in [-0.2, -0.15) is 0 Å². The van der Waals surface area contributed by atoms with Gasteiger partial charge in [0.1, 0.15) is 23.0 Å². The molecule has 1 aliphatic heterocycles. The molecule has 0 unspecified atom stereocenters. The van der Waals surface area contributed by atoms with E-state index in [1.807, 2.05) is 24.3 Å². The van der Waals surface area contributed by atoms with Gasteiger partial charge in [0.15, 0.2) is 5.17 Å². The number of benzene rings is 2. The highest BCUT2D eigenvalue weighted by Crippen LogP contribution is 2.38. The number of amidine groups is 1. The van der Waals surface area contributed by atoms with Crippen molar-refractivity contribution in [1.82, 2.24) is 5.32 Å². The van der Waals surface area contributed by atoms with Gasteiger partial charge in [0.2, 0.25) is 0 Å². The molecule has 7 nitrogen and oxygen atoms in total. The predicted molar refractivity (Wildman–Crippen MR) is 110 cm³/mol. The maximum atomic E-state index is 12.4. The van der Waals surface area contributed by atoms with Crippen LogP contribution in [0.25, 0.3) is 6.08 Å². The van der Waals surface area contributed by atoms with Crippen LogP contribution in [-0.2, 0) is 4.79 Å². The minimum Gasteiger partial charge on any atom is -0.497 e. The third-order valence-corrected chi connectivity index (χ3v) is 4.89. The monoisotopic (exact) mass is 400 g/mol. The lowest BCUT2D eigenvalue weighted by molar-refractivity contribution is -0.115. The lowest BCUT2D eigenvalue weighted by atomic mass is 10.1. The normalized spacial score (nSPS) is 16.2. The van der Waals surface area contributed by atoms with Gasteiger partial charge in [-0.05, 0) is 42.1 Å². The molecule has 1 amide bonds. The molecule has 0 radical (unpaired) electrons. The Kier molecular flexibility index (Phi) is 6.10. The van der Waals surface area contributed by atoms with Crippen molar-refractivity contribution in [2.24, 2.45) is 4.99 Å². The second kappa shape index (κ2) is 8.71. The van der Waals surface area contributed by atoms with Gasteiger partial charge in [-0.3, -0.25) is 4.79 Å². The van der Waals surface area contributed by atoms with Crippen LogP contribution in [0.5, 0.6) is 23.0 Å². The van der Waals surface area contributed by atoms with Gasteiger partial charge in [-0.25, -0.2) is 4.99 Å². The van der Waals surface area contributed by atoms with Crippen molar-refractivity contribution in [2.75, 3.05) is 28.4 Å². The summed E-state index contributed by atoms with van der Waals surface area (Å²) in [5.41, 5.74) is 1.36. The van der Waals surface area contributed by atoms with E-state index in [2.05, 4.69) is 10.3 Å². The number of ether oxygens (including phenoxy) is 4. The first-order valence-corrected chi connectivity index (χ1v) is 9.13. The highest BCUT2D eigenvalue weighted by molar-refractivity contribution is 8.18. The fourth-order valence-corrected chi connectivity index (χ4v) is 3.38. The number of nitrogens with one attached hydrogen (secondary N) is 1. The van der Waals surface area contributed by atoms with E-state index in [-0.39, 0.29) is 5.91 Å². The standard InChI is InChI=1S/C20H20N2O5S/c1-24-13-7-5-12(6-8-13)21-20-22-19(23)18(28-20)11-15-16(26-3)9-14(25-2)10-17(15)27-4/h5-11H,1-4H3,(H,21,22,23)/b18-11+. The molecule has 1 heterocycles. The minimum absolute atomic E-state index is 0.239. The third-order valence-electron chi connectivity index (χ3n) is 3.98. The summed E-state index contributed by atoms with van der Waals surface area (Å²) in [5.74, 6) is 2.18. The summed E-state index contributed by atoms with van der Waals surface area (Å²) in [5, 5.41) is 3.26. The number of methoxy groups -OCH3 is 4. The number of nitrogens with zero attached hydrogens (tertiary/aromatic N) is 1. The molecule has 1 saturated heterocycles. The van der Waals surface area contributed by atoms with E-state index in [1.54, 1.807) is 46.6 Å². The third kappa shape index (κ3) is 4.23. The van der Waals surface area contributed by atoms with Crippen LogP contribution in [0.4, 0.5) is 5.69 Å². The lowest BCUT2D eigenvalue weighted by Gasteiger charge is -2.12. The van der Waals surface area contributed by atoms with Gasteiger partial charge in [0.05, 0.1) is 44.6 Å². The Hall–Kier alpha value is -3.13. The van der Waals surface area contributed by atoms with Gasteiger partial charge in [0.25, 0.3) is 5.91 Å². The van der Waals surface area contributed by atoms with Crippen LogP contribution in [0.15, 0.2) is 46.3 Å². The second-order valence-electron chi connectivity index (χ2n) is 5.63. The Balaban J connectivity index is 1.91. The van der Waals surface area contributed by atoms with Crippen LogP contribution in [0.2, 0.25) is 0 Å². The molecule has 0 atom stereocenters. The number of carbonyl (C=O) groups is 1. The molecule has 0 spiro atoms. The summed E-state index contributed by atoms with van der Waals surface area (Å²) in [4.78, 5) is 17.3. The van der Waals surface area contributed by atoms with Crippen LogP contribution in [0.3, 0.4) is 0 Å². The molecule has 2 aromatic carbocycles. The number of hydrogen-bond acceptors (Lipinski definition) is 7. The number of rotatable bonds is 6. The van der Waals surface area contributed by atoms with Crippen molar-refractivity contribution in [3.05, 3.63) is 46.9 Å². The molecule has 0 saturated carbocycles. The van der Waals surface area contributed by atoms with Crippen molar-refractivity contribution in [2.45, 2.75) is 0 Å². The largest absolute Gasteiger partial charge is 0.497 e. The average Bonchev–Trinajstić information content (AvgIpc) is 3.07. The number of thioether (sulfide) groups is 1. The zero-order valence-electron chi connectivity index (χ0n) is 15.9. The summed E-state index contributed by atoms with van der Waals surface area (Å²) < 4.78 is 21.3. The summed E-state index contributed by atoms with van der Waals surface area (Å²) in [7, 11) is 6.27. The molecule has 3 rings (SSSR count). The van der Waals surface area contributed by atoms with E-state index in [0.29, 0.717) is 38.6 Å². The van der Waals surface area contributed by atoms with Crippen molar-refractivity contribution in [1.29, 1.82) is 0 Å². The molecule has 1 fully saturated rings. The van der Waals surface area contributed by atoms with E-state index in [9.17, 15) is 4.79 Å². The molecular formula is C20H20N2O5S. The van der Waals surface area contributed by atoms with Gasteiger partial charge < -0.3 is 24.3 Å². The van der Waals surface area contributed by atoms with Gasteiger partial charge in [-0.1, -0.05) is 0 Å². The maximum absolute atomic E-state index is 12.4. The highest BCUT2D eigenvalue weighted by atomic mass is 32.2. The van der Waals surface area contributed by atoms with Gasteiger partial charge >= 0.3 is 0 Å². The zero-order chi connectivity index (χ0) is 20.1. The quantitative estimate of drug-likeness (QED) is 0.747. The predicted octanol–water partition coefficient (Wildman–Crippen LogP) is 3.61. The molecule has 8 heteroatoms. The van der Waals surface area contributed by atoms with Gasteiger partial charge in [-0.15, -0.1) is 0 Å². The van der Waals surface area contributed by atoms with Crippen molar-refractivity contribution in [3.63, 3.8) is 0 Å². The Morgan fingerprint density at radius 1 is 0.893 bits per heavy atom.